The summed E-state index contributed by atoms with van der Waals surface area (Å²) in [4.78, 5) is 13.9. The summed E-state index contributed by atoms with van der Waals surface area (Å²) in [5, 5.41) is 2.42. The molecule has 0 bridgehead atoms. The van der Waals surface area contributed by atoms with E-state index in [1.807, 2.05) is 29.9 Å². The van der Waals surface area contributed by atoms with Gasteiger partial charge in [-0.2, -0.15) is 0 Å². The number of H-pyrrole nitrogens is 1. The molecule has 4 heteroatoms. The van der Waals surface area contributed by atoms with E-state index in [1.54, 1.807) is 0 Å². The molecule has 3 nitrogen and oxygen atoms in total. The number of hydrogen-bond acceptors (Lipinski definition) is 3. The van der Waals surface area contributed by atoms with Crippen LogP contribution >= 0.6 is 11.3 Å². The van der Waals surface area contributed by atoms with Gasteiger partial charge in [0, 0.05) is 61.3 Å². The van der Waals surface area contributed by atoms with E-state index in [0.29, 0.717) is 5.92 Å². The van der Waals surface area contributed by atoms with Gasteiger partial charge < -0.3 is 4.98 Å². The van der Waals surface area contributed by atoms with Crippen molar-refractivity contribution in [2.75, 3.05) is 0 Å². The quantitative estimate of drug-likeness (QED) is 0.506. The Bertz CT molecular complexity index is 1000. The third-order valence-electron chi connectivity index (χ3n) is 4.71. The lowest BCUT2D eigenvalue weighted by atomic mass is 9.92. The maximum absolute atomic E-state index is 4.69. The van der Waals surface area contributed by atoms with Gasteiger partial charge in [-0.3, -0.25) is 9.97 Å². The summed E-state index contributed by atoms with van der Waals surface area (Å²) in [6.45, 7) is 8.96. The standard InChI is InChI=1S/C21H23N3S/c1-13(19-8-15-11-22-6-5-18(15)25-19)7-16-10-17-14(12-23-16)9-20(24-17)21(2,3)4/h5-6,8-13,24H,7H2,1-4H3. The van der Waals surface area contributed by atoms with Crippen LogP contribution in [0.25, 0.3) is 21.0 Å². The fourth-order valence-corrected chi connectivity index (χ4v) is 4.23. The van der Waals surface area contributed by atoms with Crippen molar-refractivity contribution in [1.82, 2.24) is 15.0 Å². The van der Waals surface area contributed by atoms with Crippen LogP contribution in [-0.2, 0) is 11.8 Å². The zero-order valence-electron chi connectivity index (χ0n) is 15.1. The first-order chi connectivity index (χ1) is 11.9. The van der Waals surface area contributed by atoms with Gasteiger partial charge in [0.05, 0.1) is 0 Å². The van der Waals surface area contributed by atoms with E-state index in [-0.39, 0.29) is 5.41 Å². The number of pyridine rings is 2. The normalized spacial score (nSPS) is 13.6. The molecule has 4 aromatic rings. The summed E-state index contributed by atoms with van der Waals surface area (Å²) in [5.74, 6) is 0.444. The van der Waals surface area contributed by atoms with E-state index >= 15 is 0 Å². The molecule has 0 radical (unpaired) electrons. The zero-order valence-corrected chi connectivity index (χ0v) is 15.9. The number of nitrogens with one attached hydrogen (secondary N) is 1. The average Bonchev–Trinajstić information content (AvgIpc) is 3.18. The van der Waals surface area contributed by atoms with E-state index in [1.165, 1.54) is 31.6 Å². The van der Waals surface area contributed by atoms with Gasteiger partial charge in [0.1, 0.15) is 0 Å². The second-order valence-electron chi connectivity index (χ2n) is 7.86. The van der Waals surface area contributed by atoms with Gasteiger partial charge >= 0.3 is 0 Å². The first-order valence-electron chi connectivity index (χ1n) is 8.72. The van der Waals surface area contributed by atoms with Crippen LogP contribution in [-0.4, -0.2) is 15.0 Å². The number of fused-ring (bicyclic) bond motifs is 2. The number of aromatic nitrogens is 3. The highest BCUT2D eigenvalue weighted by molar-refractivity contribution is 7.19. The van der Waals surface area contributed by atoms with Crippen molar-refractivity contribution in [3.8, 4) is 0 Å². The molecule has 4 rings (SSSR count). The minimum Gasteiger partial charge on any atom is -0.358 e. The smallest absolute Gasteiger partial charge is 0.0490 e. The van der Waals surface area contributed by atoms with Crippen molar-refractivity contribution in [1.29, 1.82) is 0 Å². The molecule has 128 valence electrons. The number of rotatable bonds is 3. The molecule has 0 saturated carbocycles. The Morgan fingerprint density at radius 3 is 2.72 bits per heavy atom. The highest BCUT2D eigenvalue weighted by Gasteiger charge is 2.17. The van der Waals surface area contributed by atoms with Gasteiger partial charge in [0.15, 0.2) is 0 Å². The molecule has 1 unspecified atom stereocenters. The van der Waals surface area contributed by atoms with Crippen LogP contribution < -0.4 is 0 Å². The molecule has 0 aliphatic carbocycles. The van der Waals surface area contributed by atoms with Crippen LogP contribution in [0.2, 0.25) is 0 Å². The Labute approximate surface area is 152 Å². The number of thiophene rings is 1. The van der Waals surface area contributed by atoms with Crippen LogP contribution in [0.4, 0.5) is 0 Å². The minimum atomic E-state index is 0.123. The summed E-state index contributed by atoms with van der Waals surface area (Å²) < 4.78 is 1.31. The van der Waals surface area contributed by atoms with Crippen molar-refractivity contribution in [3.63, 3.8) is 0 Å². The van der Waals surface area contributed by atoms with Gasteiger partial charge in [-0.05, 0) is 36.6 Å². The second-order valence-corrected chi connectivity index (χ2v) is 8.98. The molecule has 1 N–H and O–H groups in total. The maximum atomic E-state index is 4.69. The topological polar surface area (TPSA) is 41.6 Å². The van der Waals surface area contributed by atoms with Crippen LogP contribution in [0.3, 0.4) is 0 Å². The molecular formula is C21H23N3S. The molecule has 0 amide bonds. The lowest BCUT2D eigenvalue weighted by molar-refractivity contribution is 0.574. The molecule has 0 aromatic carbocycles. The van der Waals surface area contributed by atoms with Crippen LogP contribution in [0, 0.1) is 0 Å². The van der Waals surface area contributed by atoms with Crippen LogP contribution in [0.15, 0.2) is 42.9 Å². The van der Waals surface area contributed by atoms with Crippen LogP contribution in [0.5, 0.6) is 0 Å². The van der Waals surface area contributed by atoms with Crippen molar-refractivity contribution in [2.24, 2.45) is 0 Å². The van der Waals surface area contributed by atoms with E-state index in [0.717, 1.165) is 12.1 Å². The third kappa shape index (κ3) is 3.19. The minimum absolute atomic E-state index is 0.123. The van der Waals surface area contributed by atoms with E-state index < -0.39 is 0 Å². The van der Waals surface area contributed by atoms with E-state index in [4.69, 9.17) is 4.98 Å². The lowest BCUT2D eigenvalue weighted by Crippen LogP contribution is -2.10. The summed E-state index contributed by atoms with van der Waals surface area (Å²) in [7, 11) is 0. The predicted molar refractivity (Wildman–Crippen MR) is 107 cm³/mol. The van der Waals surface area contributed by atoms with Crippen LogP contribution in [0.1, 0.15) is 49.9 Å². The Kier molecular flexibility index (Phi) is 3.88. The van der Waals surface area contributed by atoms with Gasteiger partial charge in [-0.25, -0.2) is 0 Å². The molecule has 0 aliphatic heterocycles. The first-order valence-corrected chi connectivity index (χ1v) is 9.53. The van der Waals surface area contributed by atoms with Gasteiger partial charge in [0.2, 0.25) is 0 Å². The summed E-state index contributed by atoms with van der Waals surface area (Å²) in [5.41, 5.74) is 3.70. The molecule has 0 fully saturated rings. The number of nitrogens with zero attached hydrogens (tertiary/aromatic N) is 2. The highest BCUT2D eigenvalue weighted by Crippen LogP contribution is 2.32. The Hall–Kier alpha value is -2.20. The SMILES string of the molecule is CC(Cc1cc2[nH]c(C(C)(C)C)cc2cn1)c1cc2cnccc2s1. The van der Waals surface area contributed by atoms with Crippen molar-refractivity contribution < 1.29 is 0 Å². The molecule has 1 atom stereocenters. The van der Waals surface area contributed by atoms with Gasteiger partial charge in [-0.15, -0.1) is 11.3 Å². The summed E-state index contributed by atoms with van der Waals surface area (Å²) in [6.07, 6.45) is 6.75. The summed E-state index contributed by atoms with van der Waals surface area (Å²) >= 11 is 1.86. The van der Waals surface area contributed by atoms with E-state index in [9.17, 15) is 0 Å². The number of aromatic amines is 1. The first kappa shape index (κ1) is 16.3. The molecule has 0 spiro atoms. The Morgan fingerprint density at radius 2 is 1.96 bits per heavy atom. The fraction of sp³-hybridized carbons (Fsp3) is 0.333. The largest absolute Gasteiger partial charge is 0.358 e. The fourth-order valence-electron chi connectivity index (χ4n) is 3.15. The zero-order chi connectivity index (χ0) is 17.6. The summed E-state index contributed by atoms with van der Waals surface area (Å²) in [6, 6.07) is 8.78. The van der Waals surface area contributed by atoms with Crippen molar-refractivity contribution >= 4 is 32.3 Å². The number of hydrogen-bond donors (Lipinski definition) is 1. The van der Waals surface area contributed by atoms with Crippen molar-refractivity contribution in [3.05, 3.63) is 59.1 Å². The highest BCUT2D eigenvalue weighted by atomic mass is 32.1. The maximum Gasteiger partial charge on any atom is 0.0490 e. The molecule has 4 heterocycles. The lowest BCUT2D eigenvalue weighted by Gasteiger charge is -2.15. The third-order valence-corrected chi connectivity index (χ3v) is 6.05. The van der Waals surface area contributed by atoms with Gasteiger partial charge in [-0.1, -0.05) is 27.7 Å². The van der Waals surface area contributed by atoms with Crippen molar-refractivity contribution in [2.45, 2.75) is 45.4 Å². The predicted octanol–water partition coefficient (Wildman–Crippen LogP) is 5.82. The van der Waals surface area contributed by atoms with Gasteiger partial charge in [0.25, 0.3) is 0 Å². The molecular weight excluding hydrogens is 326 g/mol. The molecule has 0 aliphatic rings. The Morgan fingerprint density at radius 1 is 1.12 bits per heavy atom. The second kappa shape index (κ2) is 5.95. The van der Waals surface area contributed by atoms with E-state index in [2.05, 4.69) is 61.9 Å². The Balaban J connectivity index is 1.61. The molecule has 4 aromatic heterocycles. The monoisotopic (exact) mass is 349 g/mol. The average molecular weight is 350 g/mol. The molecule has 0 saturated heterocycles. The molecule has 25 heavy (non-hydrogen) atoms.